The largest absolute Gasteiger partial charge is 0.465 e. The van der Waals surface area contributed by atoms with Crippen LogP contribution in [0.15, 0.2) is 81.9 Å². The van der Waals surface area contributed by atoms with Gasteiger partial charge in [-0.15, -0.1) is 0 Å². The van der Waals surface area contributed by atoms with Gasteiger partial charge in [-0.2, -0.15) is 0 Å². The van der Waals surface area contributed by atoms with Crippen molar-refractivity contribution in [2.45, 2.75) is 18.4 Å². The number of carbonyl (C=O) groups is 2. The van der Waals surface area contributed by atoms with Gasteiger partial charge in [0.1, 0.15) is 5.76 Å². The summed E-state index contributed by atoms with van der Waals surface area (Å²) in [6.07, 6.45) is 4.67. The number of fused-ring (bicyclic) bond motifs is 1. The van der Waals surface area contributed by atoms with Crippen LogP contribution in [0.25, 0.3) is 6.08 Å². The maximum absolute atomic E-state index is 13.3. The number of halogens is 1. The van der Waals surface area contributed by atoms with Crippen molar-refractivity contribution in [2.75, 3.05) is 11.4 Å². The third kappa shape index (κ3) is 4.01. The Kier molecular flexibility index (Phi) is 5.70. The highest BCUT2D eigenvalue weighted by Crippen LogP contribution is 2.43. The Bertz CT molecular complexity index is 1090. The minimum absolute atomic E-state index is 0.339. The number of ketones is 1. The number of furan rings is 1. The van der Waals surface area contributed by atoms with E-state index in [4.69, 9.17) is 4.42 Å². The maximum atomic E-state index is 13.3. The average molecular weight is 466 g/mol. The Morgan fingerprint density at radius 1 is 1.13 bits per heavy atom. The van der Waals surface area contributed by atoms with Gasteiger partial charge in [-0.3, -0.25) is 9.59 Å². The topological polar surface area (TPSA) is 70.7 Å². The lowest BCUT2D eigenvalue weighted by Gasteiger charge is -2.22. The normalized spacial score (nSPS) is 18.2. The van der Waals surface area contributed by atoms with Crippen LogP contribution in [0.4, 0.5) is 5.69 Å². The second-order valence-electron chi connectivity index (χ2n) is 7.21. The van der Waals surface area contributed by atoms with Gasteiger partial charge in [-0.05, 0) is 54.5 Å². The van der Waals surface area contributed by atoms with Crippen molar-refractivity contribution in [3.05, 3.63) is 94.4 Å². The second-order valence-corrected chi connectivity index (χ2v) is 8.12. The Hall–Kier alpha value is -2.96. The molecule has 30 heavy (non-hydrogen) atoms. The van der Waals surface area contributed by atoms with Crippen molar-refractivity contribution in [2.24, 2.45) is 0 Å². The molecule has 0 saturated carbocycles. The molecule has 5 nitrogen and oxygen atoms in total. The van der Waals surface area contributed by atoms with Crippen molar-refractivity contribution < 1.29 is 19.1 Å². The summed E-state index contributed by atoms with van der Waals surface area (Å²) in [7, 11) is 0. The lowest BCUT2D eigenvalue weighted by atomic mass is 9.90. The molecule has 0 bridgehead atoms. The summed E-state index contributed by atoms with van der Waals surface area (Å²) < 4.78 is 5.91. The smallest absolute Gasteiger partial charge is 0.264 e. The Morgan fingerprint density at radius 3 is 2.67 bits per heavy atom. The number of hydrogen-bond donors (Lipinski definition) is 1. The Balaban J connectivity index is 1.58. The van der Waals surface area contributed by atoms with E-state index in [-0.39, 0.29) is 12.2 Å². The fourth-order valence-corrected chi connectivity index (χ4v) is 4.03. The van der Waals surface area contributed by atoms with Crippen LogP contribution >= 0.6 is 15.9 Å². The van der Waals surface area contributed by atoms with Crippen LogP contribution in [0.2, 0.25) is 0 Å². The van der Waals surface area contributed by atoms with Crippen LogP contribution in [0.1, 0.15) is 23.3 Å². The quantitative estimate of drug-likeness (QED) is 0.521. The molecule has 1 aliphatic rings. The van der Waals surface area contributed by atoms with Gasteiger partial charge in [0.05, 0.1) is 18.4 Å². The first-order chi connectivity index (χ1) is 14.5. The van der Waals surface area contributed by atoms with Gasteiger partial charge < -0.3 is 14.4 Å². The summed E-state index contributed by atoms with van der Waals surface area (Å²) in [5.74, 6) is -0.315. The predicted octanol–water partition coefficient (Wildman–Crippen LogP) is 4.49. The van der Waals surface area contributed by atoms with E-state index >= 15 is 0 Å². The number of rotatable bonds is 7. The predicted molar refractivity (Wildman–Crippen MR) is 118 cm³/mol. The number of aliphatic hydroxyl groups is 1. The Labute approximate surface area is 182 Å². The average Bonchev–Trinajstić information content (AvgIpc) is 3.33. The van der Waals surface area contributed by atoms with Crippen LogP contribution in [0.5, 0.6) is 0 Å². The molecular formula is C24H20BrNO4. The van der Waals surface area contributed by atoms with E-state index in [1.54, 1.807) is 29.2 Å². The SMILES string of the molecule is O=C(/C=C/c1ccco1)CC1(O)C(=O)N(CCc2ccccc2)c2ccc(Br)cc21. The molecular weight excluding hydrogens is 446 g/mol. The van der Waals surface area contributed by atoms with E-state index in [9.17, 15) is 14.7 Å². The molecule has 1 atom stereocenters. The van der Waals surface area contributed by atoms with Gasteiger partial charge in [0.25, 0.3) is 5.91 Å². The molecule has 3 aromatic rings. The molecule has 0 saturated heterocycles. The van der Waals surface area contributed by atoms with Crippen molar-refractivity contribution in [3.63, 3.8) is 0 Å². The zero-order valence-corrected chi connectivity index (χ0v) is 17.7. The molecule has 1 aliphatic heterocycles. The number of carbonyl (C=O) groups excluding carboxylic acids is 2. The van der Waals surface area contributed by atoms with Gasteiger partial charge >= 0.3 is 0 Å². The molecule has 2 aromatic carbocycles. The molecule has 0 spiro atoms. The zero-order valence-electron chi connectivity index (χ0n) is 16.1. The highest BCUT2D eigenvalue weighted by Gasteiger charge is 2.50. The fraction of sp³-hybridized carbons (Fsp3) is 0.167. The van der Waals surface area contributed by atoms with Gasteiger partial charge in [0.15, 0.2) is 11.4 Å². The minimum Gasteiger partial charge on any atom is -0.465 e. The first-order valence-electron chi connectivity index (χ1n) is 9.60. The number of anilines is 1. The second kappa shape index (κ2) is 8.42. The molecule has 1 aromatic heterocycles. The minimum atomic E-state index is -1.90. The summed E-state index contributed by atoms with van der Waals surface area (Å²) in [4.78, 5) is 27.4. The molecule has 1 amide bonds. The monoisotopic (exact) mass is 465 g/mol. The molecule has 0 radical (unpaired) electrons. The summed E-state index contributed by atoms with van der Waals surface area (Å²) in [5.41, 5.74) is 0.261. The lowest BCUT2D eigenvalue weighted by molar-refractivity contribution is -0.140. The summed E-state index contributed by atoms with van der Waals surface area (Å²) >= 11 is 3.40. The van der Waals surface area contributed by atoms with Crippen LogP contribution in [-0.4, -0.2) is 23.3 Å². The van der Waals surface area contributed by atoms with E-state index in [0.717, 1.165) is 10.0 Å². The fourth-order valence-electron chi connectivity index (χ4n) is 3.67. The van der Waals surface area contributed by atoms with Gasteiger partial charge in [-0.25, -0.2) is 0 Å². The lowest BCUT2D eigenvalue weighted by Crippen LogP contribution is -2.42. The summed E-state index contributed by atoms with van der Waals surface area (Å²) in [6.45, 7) is 0.413. The van der Waals surface area contributed by atoms with Crippen molar-refractivity contribution in [3.8, 4) is 0 Å². The number of nitrogens with zero attached hydrogens (tertiary/aromatic N) is 1. The molecule has 1 unspecified atom stereocenters. The molecule has 2 heterocycles. The molecule has 1 N–H and O–H groups in total. The van der Waals surface area contributed by atoms with E-state index in [1.165, 1.54) is 18.4 Å². The third-order valence-corrected chi connectivity index (χ3v) is 5.66. The van der Waals surface area contributed by atoms with Crippen molar-refractivity contribution in [1.29, 1.82) is 0 Å². The van der Waals surface area contributed by atoms with Crippen LogP contribution in [0.3, 0.4) is 0 Å². The molecule has 6 heteroatoms. The highest BCUT2D eigenvalue weighted by atomic mass is 79.9. The first kappa shape index (κ1) is 20.3. The van der Waals surface area contributed by atoms with E-state index in [1.807, 2.05) is 36.4 Å². The zero-order chi connectivity index (χ0) is 21.1. The summed E-state index contributed by atoms with van der Waals surface area (Å²) in [5, 5.41) is 11.3. The molecule has 0 aliphatic carbocycles. The van der Waals surface area contributed by atoms with Crippen molar-refractivity contribution >= 4 is 39.4 Å². The maximum Gasteiger partial charge on any atom is 0.264 e. The van der Waals surface area contributed by atoms with Crippen LogP contribution < -0.4 is 4.90 Å². The van der Waals surface area contributed by atoms with Gasteiger partial charge in [0, 0.05) is 16.6 Å². The molecule has 0 fully saturated rings. The number of allylic oxidation sites excluding steroid dienone is 1. The van der Waals surface area contributed by atoms with Crippen LogP contribution in [0, 0.1) is 0 Å². The van der Waals surface area contributed by atoms with Gasteiger partial charge in [-0.1, -0.05) is 46.3 Å². The van der Waals surface area contributed by atoms with E-state index in [0.29, 0.717) is 30.0 Å². The molecule has 4 rings (SSSR count). The highest BCUT2D eigenvalue weighted by molar-refractivity contribution is 9.10. The van der Waals surface area contributed by atoms with Crippen LogP contribution in [-0.2, 0) is 21.6 Å². The first-order valence-corrected chi connectivity index (χ1v) is 10.4. The van der Waals surface area contributed by atoms with E-state index in [2.05, 4.69) is 15.9 Å². The Morgan fingerprint density at radius 2 is 1.93 bits per heavy atom. The number of hydrogen-bond acceptors (Lipinski definition) is 4. The molecule has 152 valence electrons. The third-order valence-electron chi connectivity index (χ3n) is 5.17. The van der Waals surface area contributed by atoms with Crippen molar-refractivity contribution in [1.82, 2.24) is 0 Å². The van der Waals surface area contributed by atoms with Gasteiger partial charge in [0.2, 0.25) is 0 Å². The number of amides is 1. The number of benzene rings is 2. The standard InChI is InChI=1S/C24H20BrNO4/c25-18-8-11-22-21(15-18)24(29,16-19(27)9-10-20-7-4-14-30-20)23(28)26(22)13-12-17-5-2-1-3-6-17/h1-11,14-15,29H,12-13,16H2/b10-9+. The summed E-state index contributed by atoms with van der Waals surface area (Å²) in [6, 6.07) is 18.6. The van der Waals surface area contributed by atoms with E-state index < -0.39 is 11.5 Å².